The number of carbonyl (C=O) groups excluding carboxylic acids is 1. The van der Waals surface area contributed by atoms with Gasteiger partial charge in [0.1, 0.15) is 0 Å². The lowest BCUT2D eigenvalue weighted by atomic mass is 10.1. The van der Waals surface area contributed by atoms with Gasteiger partial charge in [-0.25, -0.2) is 0 Å². The molecule has 0 aliphatic rings. The number of carbonyl (C=O) groups is 1. The molecule has 2 aromatic heterocycles. The predicted octanol–water partition coefficient (Wildman–Crippen LogP) is 3.79. The fourth-order valence-corrected chi connectivity index (χ4v) is 3.08. The molecule has 0 fully saturated rings. The largest absolute Gasteiger partial charge is 0.344 e. The Kier molecular flexibility index (Phi) is 3.48. The molecule has 3 rings (SSSR count). The summed E-state index contributed by atoms with van der Waals surface area (Å²) < 4.78 is 1.13. The summed E-state index contributed by atoms with van der Waals surface area (Å²) in [6.07, 6.45) is 1.73. The van der Waals surface area contributed by atoms with E-state index in [4.69, 9.17) is 0 Å². The highest BCUT2D eigenvalue weighted by molar-refractivity contribution is 7.17. The minimum atomic E-state index is -0.109. The summed E-state index contributed by atoms with van der Waals surface area (Å²) >= 11 is 1.59. The van der Waals surface area contributed by atoms with Gasteiger partial charge >= 0.3 is 0 Å². The van der Waals surface area contributed by atoms with Gasteiger partial charge in [0.05, 0.1) is 17.3 Å². The molecule has 1 amide bonds. The number of hydrogen-bond donors (Lipinski definition) is 1. The van der Waals surface area contributed by atoms with Crippen molar-refractivity contribution in [2.75, 3.05) is 0 Å². The van der Waals surface area contributed by atoms with Gasteiger partial charge < -0.3 is 5.32 Å². The average molecular weight is 282 g/mol. The van der Waals surface area contributed by atoms with E-state index in [1.165, 1.54) is 0 Å². The molecule has 0 spiro atoms. The van der Waals surface area contributed by atoms with Crippen molar-refractivity contribution < 1.29 is 4.79 Å². The van der Waals surface area contributed by atoms with Crippen LogP contribution in [-0.4, -0.2) is 10.9 Å². The van der Waals surface area contributed by atoms with E-state index >= 15 is 0 Å². The highest BCUT2D eigenvalue weighted by Gasteiger charge is 2.15. The smallest absolute Gasteiger partial charge is 0.253 e. The normalized spacial score (nSPS) is 12.2. The van der Waals surface area contributed by atoms with Gasteiger partial charge in [-0.15, -0.1) is 11.3 Å². The third-order valence-electron chi connectivity index (χ3n) is 3.20. The maximum atomic E-state index is 12.4. The zero-order chi connectivity index (χ0) is 13.9. The number of aromatic nitrogens is 1. The molecule has 0 saturated carbocycles. The van der Waals surface area contributed by atoms with Gasteiger partial charge in [-0.05, 0) is 25.1 Å². The third kappa shape index (κ3) is 2.42. The van der Waals surface area contributed by atoms with E-state index < -0.39 is 0 Å². The monoisotopic (exact) mass is 282 g/mol. The van der Waals surface area contributed by atoms with Crippen molar-refractivity contribution in [3.05, 3.63) is 65.3 Å². The number of rotatable bonds is 3. The molecule has 0 aliphatic heterocycles. The van der Waals surface area contributed by atoms with E-state index in [0.29, 0.717) is 0 Å². The van der Waals surface area contributed by atoms with Crippen LogP contribution < -0.4 is 5.32 Å². The van der Waals surface area contributed by atoms with Crippen molar-refractivity contribution in [3.63, 3.8) is 0 Å². The highest BCUT2D eigenvalue weighted by Crippen LogP contribution is 2.26. The standard InChI is InChI=1S/C16H14N2OS/c1-11(14-7-4-5-9-17-14)18-16(19)13-10-20-15-8-3-2-6-12(13)15/h2-11H,1H3,(H,18,19)/t11-/m1/s1. The van der Waals surface area contributed by atoms with E-state index in [-0.39, 0.29) is 11.9 Å². The topological polar surface area (TPSA) is 42.0 Å². The number of fused-ring (bicyclic) bond motifs is 1. The van der Waals surface area contributed by atoms with Crippen LogP contribution in [0.4, 0.5) is 0 Å². The molecule has 3 aromatic rings. The van der Waals surface area contributed by atoms with Crippen LogP contribution in [0.3, 0.4) is 0 Å². The Hall–Kier alpha value is -2.20. The Morgan fingerprint density at radius 3 is 2.80 bits per heavy atom. The van der Waals surface area contributed by atoms with Crippen molar-refractivity contribution in [1.29, 1.82) is 0 Å². The highest BCUT2D eigenvalue weighted by atomic mass is 32.1. The van der Waals surface area contributed by atoms with Gasteiger partial charge in [-0.2, -0.15) is 0 Å². The van der Waals surface area contributed by atoms with Crippen LogP contribution >= 0.6 is 11.3 Å². The molecule has 0 radical (unpaired) electrons. The summed E-state index contributed by atoms with van der Waals surface area (Å²) in [6.45, 7) is 1.94. The summed E-state index contributed by atoms with van der Waals surface area (Å²) in [6, 6.07) is 13.5. The minimum absolute atomic E-state index is 0.0550. The molecule has 0 bridgehead atoms. The molecule has 100 valence electrons. The Bertz CT molecular complexity index is 736. The lowest BCUT2D eigenvalue weighted by molar-refractivity contribution is 0.0941. The van der Waals surface area contributed by atoms with Crippen LogP contribution in [0.1, 0.15) is 29.0 Å². The first-order chi connectivity index (χ1) is 9.75. The SMILES string of the molecule is C[C@@H](NC(=O)c1csc2ccccc12)c1ccccn1. The maximum Gasteiger partial charge on any atom is 0.253 e. The predicted molar refractivity (Wildman–Crippen MR) is 81.9 cm³/mol. The lowest BCUT2D eigenvalue weighted by Gasteiger charge is -2.12. The molecule has 1 N–H and O–H groups in total. The second-order valence-electron chi connectivity index (χ2n) is 4.60. The molecule has 0 saturated heterocycles. The number of benzene rings is 1. The van der Waals surface area contributed by atoms with Crippen molar-refractivity contribution in [2.45, 2.75) is 13.0 Å². The number of amides is 1. The summed E-state index contributed by atoms with van der Waals surface area (Å²) in [7, 11) is 0. The molecular formula is C16H14N2OS. The summed E-state index contributed by atoms with van der Waals surface area (Å²) in [5.74, 6) is -0.0550. The van der Waals surface area contributed by atoms with Crippen LogP contribution in [0, 0.1) is 0 Å². The Morgan fingerprint density at radius 2 is 2.00 bits per heavy atom. The van der Waals surface area contributed by atoms with Gasteiger partial charge in [0, 0.05) is 21.7 Å². The van der Waals surface area contributed by atoms with Gasteiger partial charge in [0.25, 0.3) is 5.91 Å². The first-order valence-electron chi connectivity index (χ1n) is 6.44. The number of hydrogen-bond acceptors (Lipinski definition) is 3. The van der Waals surface area contributed by atoms with E-state index in [2.05, 4.69) is 10.3 Å². The first kappa shape index (κ1) is 12.8. The van der Waals surface area contributed by atoms with Gasteiger partial charge in [0.2, 0.25) is 0 Å². The summed E-state index contributed by atoms with van der Waals surface area (Å²) in [5, 5.41) is 5.91. The second kappa shape index (κ2) is 5.43. The molecule has 1 atom stereocenters. The Balaban J connectivity index is 1.83. The number of pyridine rings is 1. The fraction of sp³-hybridized carbons (Fsp3) is 0.125. The molecule has 4 heteroatoms. The van der Waals surface area contributed by atoms with Gasteiger partial charge in [-0.1, -0.05) is 24.3 Å². The number of nitrogens with one attached hydrogen (secondary N) is 1. The van der Waals surface area contributed by atoms with Crippen molar-refractivity contribution >= 4 is 27.3 Å². The number of nitrogens with zero attached hydrogens (tertiary/aromatic N) is 1. The van der Waals surface area contributed by atoms with E-state index in [0.717, 1.165) is 21.3 Å². The van der Waals surface area contributed by atoms with Crippen molar-refractivity contribution in [1.82, 2.24) is 10.3 Å². The first-order valence-corrected chi connectivity index (χ1v) is 7.31. The zero-order valence-electron chi connectivity index (χ0n) is 11.0. The van der Waals surface area contributed by atoms with Crippen LogP contribution in [-0.2, 0) is 0 Å². The number of thiophene rings is 1. The van der Waals surface area contributed by atoms with E-state index in [1.54, 1.807) is 17.5 Å². The van der Waals surface area contributed by atoms with Gasteiger partial charge in [0.15, 0.2) is 0 Å². The Morgan fingerprint density at radius 1 is 1.20 bits per heavy atom. The fourth-order valence-electron chi connectivity index (χ4n) is 2.13. The summed E-state index contributed by atoms with van der Waals surface area (Å²) in [5.41, 5.74) is 1.59. The lowest BCUT2D eigenvalue weighted by Crippen LogP contribution is -2.26. The van der Waals surface area contributed by atoms with Crippen LogP contribution in [0.15, 0.2) is 54.0 Å². The van der Waals surface area contributed by atoms with Crippen molar-refractivity contribution in [3.8, 4) is 0 Å². The molecule has 1 aromatic carbocycles. The third-order valence-corrected chi connectivity index (χ3v) is 4.17. The minimum Gasteiger partial charge on any atom is -0.344 e. The van der Waals surface area contributed by atoms with Crippen LogP contribution in [0.2, 0.25) is 0 Å². The maximum absolute atomic E-state index is 12.4. The molecule has 20 heavy (non-hydrogen) atoms. The van der Waals surface area contributed by atoms with E-state index in [9.17, 15) is 4.79 Å². The van der Waals surface area contributed by atoms with Crippen molar-refractivity contribution in [2.24, 2.45) is 0 Å². The molecule has 0 unspecified atom stereocenters. The van der Waals surface area contributed by atoms with Crippen LogP contribution in [0.25, 0.3) is 10.1 Å². The summed E-state index contributed by atoms with van der Waals surface area (Å²) in [4.78, 5) is 16.6. The second-order valence-corrected chi connectivity index (χ2v) is 5.51. The van der Waals surface area contributed by atoms with E-state index in [1.807, 2.05) is 54.8 Å². The zero-order valence-corrected chi connectivity index (χ0v) is 11.9. The molecule has 3 nitrogen and oxygen atoms in total. The quantitative estimate of drug-likeness (QED) is 0.794. The van der Waals surface area contributed by atoms with Gasteiger partial charge in [-0.3, -0.25) is 9.78 Å². The molecule has 2 heterocycles. The average Bonchev–Trinajstić information content (AvgIpc) is 2.92. The van der Waals surface area contributed by atoms with Crippen LogP contribution in [0.5, 0.6) is 0 Å². The molecule has 0 aliphatic carbocycles. The Labute approximate surface area is 121 Å². The molecular weight excluding hydrogens is 268 g/mol.